The Kier molecular flexibility index (Phi) is 5.15. The van der Waals surface area contributed by atoms with E-state index in [9.17, 15) is 4.79 Å². The molecule has 0 spiro atoms. The van der Waals surface area contributed by atoms with Gasteiger partial charge in [-0.05, 0) is 29.8 Å². The van der Waals surface area contributed by atoms with Crippen molar-refractivity contribution in [2.24, 2.45) is 5.10 Å². The summed E-state index contributed by atoms with van der Waals surface area (Å²) in [5, 5.41) is 3.89. The Bertz CT molecular complexity index is 608. The lowest BCUT2D eigenvalue weighted by molar-refractivity contribution is -0.120. The van der Waals surface area contributed by atoms with Crippen LogP contribution in [0.4, 0.5) is 0 Å². The average Bonchev–Trinajstić information content (AvgIpc) is 2.85. The van der Waals surface area contributed by atoms with E-state index in [4.69, 9.17) is 16.3 Å². The molecule has 4 nitrogen and oxygen atoms in total. The number of carbonyl (C=O) groups is 1. The lowest BCUT2D eigenvalue weighted by atomic mass is 10.1. The maximum atomic E-state index is 11.7. The number of halogens is 1. The maximum Gasteiger partial charge on any atom is 0.244 e. The van der Waals surface area contributed by atoms with Crippen molar-refractivity contribution in [2.75, 3.05) is 7.11 Å². The van der Waals surface area contributed by atoms with E-state index in [1.807, 2.05) is 30.3 Å². The average molecular weight is 309 g/mol. The van der Waals surface area contributed by atoms with Crippen LogP contribution in [0.2, 0.25) is 4.34 Å². The highest BCUT2D eigenvalue weighted by molar-refractivity contribution is 7.17. The number of hydrogen-bond acceptors (Lipinski definition) is 4. The van der Waals surface area contributed by atoms with Crippen LogP contribution in [0.1, 0.15) is 10.4 Å². The number of benzene rings is 1. The molecule has 1 aromatic carbocycles. The van der Waals surface area contributed by atoms with Gasteiger partial charge in [0, 0.05) is 4.88 Å². The number of nitrogens with zero attached hydrogens (tertiary/aromatic N) is 1. The van der Waals surface area contributed by atoms with Crippen molar-refractivity contribution in [2.45, 2.75) is 6.42 Å². The molecule has 2 aromatic rings. The van der Waals surface area contributed by atoms with Crippen molar-refractivity contribution < 1.29 is 9.53 Å². The number of nitrogens with one attached hydrogen (secondary N) is 1. The van der Waals surface area contributed by atoms with Gasteiger partial charge in [0.25, 0.3) is 0 Å². The summed E-state index contributed by atoms with van der Waals surface area (Å²) in [7, 11) is 1.60. The minimum absolute atomic E-state index is 0.172. The summed E-state index contributed by atoms with van der Waals surface area (Å²) in [6.07, 6.45) is 1.84. The molecule has 104 valence electrons. The van der Waals surface area contributed by atoms with E-state index < -0.39 is 0 Å². The topological polar surface area (TPSA) is 50.7 Å². The number of rotatable bonds is 5. The molecule has 0 unspecified atom stereocenters. The minimum atomic E-state index is -0.172. The lowest BCUT2D eigenvalue weighted by Crippen LogP contribution is -2.19. The molecule has 0 radical (unpaired) electrons. The molecule has 2 rings (SSSR count). The Balaban J connectivity index is 1.84. The van der Waals surface area contributed by atoms with Crippen molar-refractivity contribution in [1.82, 2.24) is 5.43 Å². The first-order chi connectivity index (χ1) is 9.67. The van der Waals surface area contributed by atoms with Crippen LogP contribution in [0.5, 0.6) is 5.75 Å². The third-order valence-electron chi connectivity index (χ3n) is 2.50. The summed E-state index contributed by atoms with van der Waals surface area (Å²) in [5.74, 6) is 0.593. The number of hydrazone groups is 1. The summed E-state index contributed by atoms with van der Waals surface area (Å²) in [5.41, 5.74) is 3.38. The van der Waals surface area contributed by atoms with E-state index >= 15 is 0 Å². The van der Waals surface area contributed by atoms with Gasteiger partial charge in [0.2, 0.25) is 5.91 Å². The predicted octanol–water partition coefficient (Wildman–Crippen LogP) is 3.10. The standard InChI is InChI=1S/C14H13ClN2O2S/c1-19-11-4-2-10(3-5-11)8-14(18)17-16-9-12-6-7-13(15)20-12/h2-7,9H,8H2,1H3,(H,17,18)/b16-9+. The van der Waals surface area contributed by atoms with Crippen molar-refractivity contribution >= 4 is 35.1 Å². The van der Waals surface area contributed by atoms with Gasteiger partial charge in [-0.25, -0.2) is 5.43 Å². The fourth-order valence-corrected chi connectivity index (χ4v) is 2.47. The number of carbonyl (C=O) groups excluding carboxylic acids is 1. The van der Waals surface area contributed by atoms with Crippen LogP contribution < -0.4 is 10.2 Å². The van der Waals surface area contributed by atoms with Crippen LogP contribution in [0.3, 0.4) is 0 Å². The van der Waals surface area contributed by atoms with Gasteiger partial charge < -0.3 is 4.74 Å². The van der Waals surface area contributed by atoms with Crippen LogP contribution in [0, 0.1) is 0 Å². The van der Waals surface area contributed by atoms with Crippen LogP contribution in [0.15, 0.2) is 41.5 Å². The molecule has 20 heavy (non-hydrogen) atoms. The van der Waals surface area contributed by atoms with Gasteiger partial charge in [0.05, 0.1) is 24.1 Å². The molecule has 0 aliphatic rings. The molecule has 6 heteroatoms. The number of methoxy groups -OCH3 is 1. The fraction of sp³-hybridized carbons (Fsp3) is 0.143. The van der Waals surface area contributed by atoms with Gasteiger partial charge >= 0.3 is 0 Å². The van der Waals surface area contributed by atoms with Crippen LogP contribution >= 0.6 is 22.9 Å². The minimum Gasteiger partial charge on any atom is -0.497 e. The van der Waals surface area contributed by atoms with Crippen molar-refractivity contribution in [3.05, 3.63) is 51.2 Å². The SMILES string of the molecule is COc1ccc(CC(=O)N/N=C/c2ccc(Cl)s2)cc1. The summed E-state index contributed by atoms with van der Waals surface area (Å²) >= 11 is 7.19. The first kappa shape index (κ1) is 14.6. The van der Waals surface area contributed by atoms with Crippen molar-refractivity contribution in [3.63, 3.8) is 0 Å². The van der Waals surface area contributed by atoms with Gasteiger partial charge in [-0.2, -0.15) is 5.10 Å². The number of ether oxygens (including phenoxy) is 1. The zero-order valence-electron chi connectivity index (χ0n) is 10.8. The molecule has 1 heterocycles. The second-order valence-electron chi connectivity index (χ2n) is 3.96. The van der Waals surface area contributed by atoms with Gasteiger partial charge in [-0.3, -0.25) is 4.79 Å². The van der Waals surface area contributed by atoms with Crippen LogP contribution in [-0.4, -0.2) is 19.2 Å². The molecule has 1 N–H and O–H groups in total. The number of thiophene rings is 1. The van der Waals surface area contributed by atoms with Crippen molar-refractivity contribution in [3.8, 4) is 5.75 Å². The predicted molar refractivity (Wildman–Crippen MR) is 81.8 cm³/mol. The third kappa shape index (κ3) is 4.36. The molecule has 1 aromatic heterocycles. The zero-order chi connectivity index (χ0) is 14.4. The van der Waals surface area contributed by atoms with Crippen LogP contribution in [0.25, 0.3) is 0 Å². The third-order valence-corrected chi connectivity index (χ3v) is 3.66. The zero-order valence-corrected chi connectivity index (χ0v) is 12.4. The summed E-state index contributed by atoms with van der Waals surface area (Å²) < 4.78 is 5.75. The molecule has 0 saturated heterocycles. The van der Waals surface area contributed by atoms with Gasteiger partial charge in [-0.15, -0.1) is 11.3 Å². The van der Waals surface area contributed by atoms with E-state index in [1.54, 1.807) is 19.4 Å². The molecule has 0 saturated carbocycles. The second kappa shape index (κ2) is 7.07. The van der Waals surface area contributed by atoms with Gasteiger partial charge in [0.1, 0.15) is 5.75 Å². The van der Waals surface area contributed by atoms with Crippen LogP contribution in [-0.2, 0) is 11.2 Å². The first-order valence-corrected chi connectivity index (χ1v) is 7.07. The summed E-state index contributed by atoms with van der Waals surface area (Å²) in [4.78, 5) is 12.6. The molecular formula is C14H13ClN2O2S. The Labute approximate surface area is 126 Å². The fourth-order valence-electron chi connectivity index (χ4n) is 1.53. The highest BCUT2D eigenvalue weighted by atomic mass is 35.5. The maximum absolute atomic E-state index is 11.7. The molecule has 0 bridgehead atoms. The van der Waals surface area contributed by atoms with E-state index in [2.05, 4.69) is 10.5 Å². The lowest BCUT2D eigenvalue weighted by Gasteiger charge is -2.02. The number of hydrogen-bond donors (Lipinski definition) is 1. The quantitative estimate of drug-likeness (QED) is 0.681. The first-order valence-electron chi connectivity index (χ1n) is 5.87. The van der Waals surface area contributed by atoms with E-state index in [-0.39, 0.29) is 12.3 Å². The molecular weight excluding hydrogens is 296 g/mol. The Morgan fingerprint density at radius 1 is 1.35 bits per heavy atom. The normalized spacial score (nSPS) is 10.7. The van der Waals surface area contributed by atoms with E-state index in [0.29, 0.717) is 4.34 Å². The molecule has 0 atom stereocenters. The Morgan fingerprint density at radius 3 is 2.70 bits per heavy atom. The summed E-state index contributed by atoms with van der Waals surface area (Å²) in [6, 6.07) is 11.0. The second-order valence-corrected chi connectivity index (χ2v) is 5.71. The van der Waals surface area contributed by atoms with Gasteiger partial charge in [0.15, 0.2) is 0 Å². The van der Waals surface area contributed by atoms with Crippen molar-refractivity contribution in [1.29, 1.82) is 0 Å². The molecule has 0 aliphatic carbocycles. The van der Waals surface area contributed by atoms with E-state index in [1.165, 1.54) is 11.3 Å². The smallest absolute Gasteiger partial charge is 0.244 e. The molecule has 0 fully saturated rings. The van der Waals surface area contributed by atoms with E-state index in [0.717, 1.165) is 16.2 Å². The summed E-state index contributed by atoms with van der Waals surface area (Å²) in [6.45, 7) is 0. The van der Waals surface area contributed by atoms with Gasteiger partial charge in [-0.1, -0.05) is 23.7 Å². The molecule has 0 aliphatic heterocycles. The number of amides is 1. The monoisotopic (exact) mass is 308 g/mol. The Hall–Kier alpha value is -1.85. The Morgan fingerprint density at radius 2 is 2.10 bits per heavy atom. The molecule has 1 amide bonds. The largest absolute Gasteiger partial charge is 0.497 e. The highest BCUT2D eigenvalue weighted by Gasteiger charge is 2.02. The highest BCUT2D eigenvalue weighted by Crippen LogP contribution is 2.19.